The Balaban J connectivity index is 1.93. The highest BCUT2D eigenvalue weighted by molar-refractivity contribution is 7.07. The third-order valence-corrected chi connectivity index (χ3v) is 4.76. The SMILES string of the molecule is CN(C)CCC1(C)CNc2ccc(-c3cscn3)cc21. The van der Waals surface area contributed by atoms with Crippen molar-refractivity contribution < 1.29 is 0 Å². The molecular formula is C16H21N3S. The molecule has 3 nitrogen and oxygen atoms in total. The lowest BCUT2D eigenvalue weighted by Gasteiger charge is -2.26. The van der Waals surface area contributed by atoms with Gasteiger partial charge in [-0.3, -0.25) is 0 Å². The number of thiazole rings is 1. The third kappa shape index (κ3) is 2.45. The summed E-state index contributed by atoms with van der Waals surface area (Å²) in [6.07, 6.45) is 1.17. The molecule has 1 N–H and O–H groups in total. The number of rotatable bonds is 4. The zero-order valence-corrected chi connectivity index (χ0v) is 13.1. The smallest absolute Gasteiger partial charge is 0.0811 e. The van der Waals surface area contributed by atoms with Crippen LogP contribution < -0.4 is 5.32 Å². The van der Waals surface area contributed by atoms with E-state index in [1.54, 1.807) is 11.3 Å². The van der Waals surface area contributed by atoms with E-state index < -0.39 is 0 Å². The van der Waals surface area contributed by atoms with Crippen molar-refractivity contribution in [3.8, 4) is 11.3 Å². The average molecular weight is 287 g/mol. The van der Waals surface area contributed by atoms with Crippen molar-refractivity contribution in [3.63, 3.8) is 0 Å². The van der Waals surface area contributed by atoms with Crippen molar-refractivity contribution in [1.82, 2.24) is 9.88 Å². The van der Waals surface area contributed by atoms with Crippen LogP contribution in [0.15, 0.2) is 29.1 Å². The molecule has 0 radical (unpaired) electrons. The van der Waals surface area contributed by atoms with Crippen LogP contribution in [-0.4, -0.2) is 37.1 Å². The molecule has 1 aromatic carbocycles. The highest BCUT2D eigenvalue weighted by Gasteiger charge is 2.34. The minimum Gasteiger partial charge on any atom is -0.384 e. The summed E-state index contributed by atoms with van der Waals surface area (Å²) >= 11 is 1.65. The number of hydrogen-bond acceptors (Lipinski definition) is 4. The van der Waals surface area contributed by atoms with Gasteiger partial charge < -0.3 is 10.2 Å². The fraction of sp³-hybridized carbons (Fsp3) is 0.438. The molecule has 2 heterocycles. The molecule has 0 saturated carbocycles. The van der Waals surface area contributed by atoms with Gasteiger partial charge in [0, 0.05) is 28.6 Å². The van der Waals surface area contributed by atoms with Crippen molar-refractivity contribution in [2.75, 3.05) is 32.5 Å². The van der Waals surface area contributed by atoms with Gasteiger partial charge >= 0.3 is 0 Å². The first-order valence-corrected chi connectivity index (χ1v) is 7.94. The molecule has 1 unspecified atom stereocenters. The maximum atomic E-state index is 4.42. The maximum Gasteiger partial charge on any atom is 0.0811 e. The lowest BCUT2D eigenvalue weighted by molar-refractivity contribution is 0.343. The molecule has 2 aromatic rings. The van der Waals surface area contributed by atoms with E-state index in [-0.39, 0.29) is 5.41 Å². The molecule has 1 atom stereocenters. The Morgan fingerprint density at radius 1 is 1.40 bits per heavy atom. The molecule has 1 aromatic heterocycles. The predicted molar refractivity (Wildman–Crippen MR) is 86.6 cm³/mol. The first-order valence-electron chi connectivity index (χ1n) is 7.00. The molecule has 1 aliphatic heterocycles. The Kier molecular flexibility index (Phi) is 3.52. The number of hydrogen-bond donors (Lipinski definition) is 1. The van der Waals surface area contributed by atoms with Crippen molar-refractivity contribution in [2.45, 2.75) is 18.8 Å². The maximum absolute atomic E-state index is 4.42. The summed E-state index contributed by atoms with van der Waals surface area (Å²) in [6, 6.07) is 6.68. The number of anilines is 1. The predicted octanol–water partition coefficient (Wildman–Crippen LogP) is 3.45. The summed E-state index contributed by atoms with van der Waals surface area (Å²) in [5, 5.41) is 5.66. The van der Waals surface area contributed by atoms with Crippen molar-refractivity contribution in [2.24, 2.45) is 0 Å². The van der Waals surface area contributed by atoms with Gasteiger partial charge in [0.1, 0.15) is 0 Å². The van der Waals surface area contributed by atoms with Crippen LogP contribution in [0.2, 0.25) is 0 Å². The molecule has 106 valence electrons. The minimum absolute atomic E-state index is 0.214. The number of aromatic nitrogens is 1. The van der Waals surface area contributed by atoms with Crippen LogP contribution in [0.4, 0.5) is 5.69 Å². The van der Waals surface area contributed by atoms with E-state index in [4.69, 9.17) is 0 Å². The molecule has 3 rings (SSSR count). The quantitative estimate of drug-likeness (QED) is 0.933. The fourth-order valence-corrected chi connectivity index (χ4v) is 3.35. The number of benzene rings is 1. The molecule has 0 spiro atoms. The minimum atomic E-state index is 0.214. The standard InChI is InChI=1S/C16H21N3S/c1-16(6-7-19(2)3)10-17-14-5-4-12(8-13(14)16)15-9-20-11-18-15/h4-5,8-9,11,17H,6-7,10H2,1-3H3. The summed E-state index contributed by atoms with van der Waals surface area (Å²) in [5.74, 6) is 0. The zero-order valence-electron chi connectivity index (χ0n) is 12.3. The lowest BCUT2D eigenvalue weighted by Crippen LogP contribution is -2.29. The molecule has 1 aliphatic rings. The van der Waals surface area contributed by atoms with Crippen LogP contribution in [0, 0.1) is 0 Å². The van der Waals surface area contributed by atoms with Gasteiger partial charge in [0.2, 0.25) is 0 Å². The van der Waals surface area contributed by atoms with E-state index in [0.29, 0.717) is 0 Å². The third-order valence-electron chi connectivity index (χ3n) is 4.18. The van der Waals surface area contributed by atoms with Crippen molar-refractivity contribution in [1.29, 1.82) is 0 Å². The Bertz CT molecular complexity index is 592. The lowest BCUT2D eigenvalue weighted by atomic mass is 9.80. The van der Waals surface area contributed by atoms with Gasteiger partial charge in [0.15, 0.2) is 0 Å². The number of nitrogens with zero attached hydrogens (tertiary/aromatic N) is 2. The first kappa shape index (κ1) is 13.6. The molecule has 0 fully saturated rings. The molecule has 0 amide bonds. The highest BCUT2D eigenvalue weighted by atomic mass is 32.1. The molecule has 4 heteroatoms. The second-order valence-electron chi connectivity index (χ2n) is 6.10. The Morgan fingerprint density at radius 2 is 2.25 bits per heavy atom. The van der Waals surface area contributed by atoms with Gasteiger partial charge in [-0.1, -0.05) is 13.0 Å². The van der Waals surface area contributed by atoms with Gasteiger partial charge in [-0.15, -0.1) is 11.3 Å². The zero-order chi connectivity index (χ0) is 14.2. The van der Waals surface area contributed by atoms with Gasteiger partial charge in [0.05, 0.1) is 11.2 Å². The van der Waals surface area contributed by atoms with Gasteiger partial charge in [-0.25, -0.2) is 4.98 Å². The molecule has 0 bridgehead atoms. The molecular weight excluding hydrogens is 266 g/mol. The molecule has 0 aliphatic carbocycles. The number of nitrogens with one attached hydrogen (secondary N) is 1. The normalized spacial score (nSPS) is 21.0. The summed E-state index contributed by atoms with van der Waals surface area (Å²) in [4.78, 5) is 6.68. The fourth-order valence-electron chi connectivity index (χ4n) is 2.79. The topological polar surface area (TPSA) is 28.2 Å². The van der Waals surface area contributed by atoms with Crippen LogP contribution in [0.25, 0.3) is 11.3 Å². The van der Waals surface area contributed by atoms with E-state index in [9.17, 15) is 0 Å². The number of fused-ring (bicyclic) bond motifs is 1. The Morgan fingerprint density at radius 3 is 2.95 bits per heavy atom. The highest BCUT2D eigenvalue weighted by Crippen LogP contribution is 2.41. The van der Waals surface area contributed by atoms with Crippen LogP contribution in [0.3, 0.4) is 0 Å². The summed E-state index contributed by atoms with van der Waals surface area (Å²) in [5.41, 5.74) is 7.14. The van der Waals surface area contributed by atoms with Crippen LogP contribution in [-0.2, 0) is 5.41 Å². The van der Waals surface area contributed by atoms with Crippen molar-refractivity contribution >= 4 is 17.0 Å². The van der Waals surface area contributed by atoms with E-state index >= 15 is 0 Å². The van der Waals surface area contributed by atoms with Gasteiger partial charge in [0.25, 0.3) is 0 Å². The van der Waals surface area contributed by atoms with E-state index in [2.05, 4.69) is 59.8 Å². The average Bonchev–Trinajstić information content (AvgIpc) is 3.06. The van der Waals surface area contributed by atoms with Crippen LogP contribution in [0.1, 0.15) is 18.9 Å². The Hall–Kier alpha value is -1.39. The van der Waals surface area contributed by atoms with E-state index in [1.165, 1.54) is 23.2 Å². The monoisotopic (exact) mass is 287 g/mol. The summed E-state index contributed by atoms with van der Waals surface area (Å²) in [6.45, 7) is 4.50. The van der Waals surface area contributed by atoms with Crippen LogP contribution in [0.5, 0.6) is 0 Å². The van der Waals surface area contributed by atoms with Gasteiger partial charge in [-0.2, -0.15) is 0 Å². The van der Waals surface area contributed by atoms with E-state index in [0.717, 1.165) is 18.8 Å². The van der Waals surface area contributed by atoms with E-state index in [1.807, 2.05) is 5.51 Å². The second-order valence-corrected chi connectivity index (χ2v) is 6.82. The Labute approximate surface area is 124 Å². The van der Waals surface area contributed by atoms with Crippen molar-refractivity contribution in [3.05, 3.63) is 34.7 Å². The second kappa shape index (κ2) is 5.19. The van der Waals surface area contributed by atoms with Gasteiger partial charge in [-0.05, 0) is 44.8 Å². The molecule has 0 saturated heterocycles. The molecule has 20 heavy (non-hydrogen) atoms. The largest absolute Gasteiger partial charge is 0.384 e. The summed E-state index contributed by atoms with van der Waals surface area (Å²) < 4.78 is 0. The van der Waals surface area contributed by atoms with Crippen LogP contribution >= 0.6 is 11.3 Å². The first-order chi connectivity index (χ1) is 9.58. The summed E-state index contributed by atoms with van der Waals surface area (Å²) in [7, 11) is 4.27.